The first-order chi connectivity index (χ1) is 13.1. The molecule has 4 rings (SSSR count). The Bertz CT molecular complexity index is 1060. The van der Waals surface area contributed by atoms with Crippen LogP contribution in [0.2, 0.25) is 0 Å². The Balaban J connectivity index is 1.54. The fourth-order valence-corrected chi connectivity index (χ4v) is 3.47. The van der Waals surface area contributed by atoms with E-state index in [0.29, 0.717) is 11.8 Å². The molecule has 136 valence electrons. The summed E-state index contributed by atoms with van der Waals surface area (Å²) < 4.78 is 5.93. The third-order valence-electron chi connectivity index (χ3n) is 4.87. The van der Waals surface area contributed by atoms with Crippen molar-refractivity contribution in [1.82, 2.24) is 15.5 Å². The first-order valence-electron chi connectivity index (χ1n) is 9.26. The van der Waals surface area contributed by atoms with Crippen molar-refractivity contribution in [3.8, 4) is 11.5 Å². The first-order valence-corrected chi connectivity index (χ1v) is 9.26. The molecule has 27 heavy (non-hydrogen) atoms. The second kappa shape index (κ2) is 7.33. The molecule has 0 aliphatic carbocycles. The van der Waals surface area contributed by atoms with Crippen LogP contribution in [0.4, 0.5) is 0 Å². The molecule has 4 nitrogen and oxygen atoms in total. The number of fused-ring (bicyclic) bond motifs is 1. The Morgan fingerprint density at radius 2 is 1.63 bits per heavy atom. The number of benzene rings is 3. The fraction of sp³-hybridized carbons (Fsp3) is 0.217. The Morgan fingerprint density at radius 1 is 0.852 bits per heavy atom. The van der Waals surface area contributed by atoms with Gasteiger partial charge in [0.2, 0.25) is 11.8 Å². The van der Waals surface area contributed by atoms with Gasteiger partial charge < -0.3 is 4.42 Å². The smallest absolute Gasteiger partial charge is 0.247 e. The van der Waals surface area contributed by atoms with Crippen molar-refractivity contribution >= 4 is 10.8 Å². The van der Waals surface area contributed by atoms with Crippen molar-refractivity contribution in [1.29, 1.82) is 0 Å². The molecule has 0 radical (unpaired) electrons. The molecule has 0 spiro atoms. The summed E-state index contributed by atoms with van der Waals surface area (Å²) in [5, 5.41) is 14.6. The number of aryl methyl sites for hydroxylation is 1. The minimum atomic E-state index is -0.0509. The lowest BCUT2D eigenvalue weighted by molar-refractivity contribution is 0.395. The highest BCUT2D eigenvalue weighted by molar-refractivity contribution is 5.86. The summed E-state index contributed by atoms with van der Waals surface area (Å²) in [5.74, 6) is 1.15. The topological polar surface area (TPSA) is 51.0 Å². The lowest BCUT2D eigenvalue weighted by Gasteiger charge is -2.19. The third kappa shape index (κ3) is 3.62. The first kappa shape index (κ1) is 17.4. The van der Waals surface area contributed by atoms with Crippen molar-refractivity contribution in [3.05, 3.63) is 83.7 Å². The summed E-state index contributed by atoms with van der Waals surface area (Å²) in [7, 11) is 0. The van der Waals surface area contributed by atoms with Crippen LogP contribution in [-0.4, -0.2) is 10.2 Å². The van der Waals surface area contributed by atoms with Crippen LogP contribution in [0.25, 0.3) is 22.2 Å². The predicted octanol–water partition coefficient (Wildman–Crippen LogP) is 5.61. The average molecular weight is 357 g/mol. The van der Waals surface area contributed by atoms with Gasteiger partial charge in [0.05, 0.1) is 6.04 Å². The second-order valence-corrected chi connectivity index (χ2v) is 6.99. The molecule has 0 saturated heterocycles. The maximum atomic E-state index is 5.93. The Morgan fingerprint density at radius 3 is 2.48 bits per heavy atom. The van der Waals surface area contributed by atoms with Gasteiger partial charge in [0.15, 0.2) is 0 Å². The summed E-state index contributed by atoms with van der Waals surface area (Å²) in [6.07, 6.45) is 0. The van der Waals surface area contributed by atoms with Crippen LogP contribution in [-0.2, 0) is 0 Å². The molecule has 1 heterocycles. The van der Waals surface area contributed by atoms with E-state index in [-0.39, 0.29) is 12.1 Å². The highest BCUT2D eigenvalue weighted by atomic mass is 16.4. The lowest BCUT2D eigenvalue weighted by atomic mass is 9.99. The van der Waals surface area contributed by atoms with E-state index in [0.717, 1.165) is 5.56 Å². The van der Waals surface area contributed by atoms with Gasteiger partial charge >= 0.3 is 0 Å². The summed E-state index contributed by atoms with van der Waals surface area (Å²) >= 11 is 0. The van der Waals surface area contributed by atoms with E-state index in [1.807, 2.05) is 18.2 Å². The summed E-state index contributed by atoms with van der Waals surface area (Å²) in [6.45, 7) is 6.27. The highest BCUT2D eigenvalue weighted by Crippen LogP contribution is 2.27. The number of nitrogens with zero attached hydrogens (tertiary/aromatic N) is 2. The Labute approximate surface area is 159 Å². The Kier molecular flexibility index (Phi) is 4.73. The molecule has 0 fully saturated rings. The second-order valence-electron chi connectivity index (χ2n) is 6.99. The highest BCUT2D eigenvalue weighted by Gasteiger charge is 2.18. The van der Waals surface area contributed by atoms with Crippen LogP contribution >= 0.6 is 0 Å². The quantitative estimate of drug-likeness (QED) is 0.504. The van der Waals surface area contributed by atoms with Crippen LogP contribution in [0.1, 0.15) is 42.9 Å². The summed E-state index contributed by atoms with van der Waals surface area (Å²) in [6, 6.07) is 23.0. The number of rotatable bonds is 5. The van der Waals surface area contributed by atoms with Crippen molar-refractivity contribution in [3.63, 3.8) is 0 Å². The standard InChI is InChI=1S/C23H23N3O/c1-15-8-6-11-19(14-15)23-26-25-22(27-23)17(3)24-16(2)20-13-7-10-18-9-4-5-12-21(18)20/h4-14,16-17,24H,1-3H3/t16-,17-/m1/s1. The van der Waals surface area contributed by atoms with Gasteiger partial charge in [0.25, 0.3) is 0 Å². The normalized spacial score (nSPS) is 13.6. The van der Waals surface area contributed by atoms with Gasteiger partial charge in [0.1, 0.15) is 0 Å². The van der Waals surface area contributed by atoms with Crippen LogP contribution in [0, 0.1) is 6.92 Å². The lowest BCUT2D eigenvalue weighted by Crippen LogP contribution is -2.23. The van der Waals surface area contributed by atoms with Gasteiger partial charge in [-0.2, -0.15) is 0 Å². The van der Waals surface area contributed by atoms with Crippen LogP contribution < -0.4 is 5.32 Å². The minimum Gasteiger partial charge on any atom is -0.419 e. The molecule has 3 aromatic carbocycles. The van der Waals surface area contributed by atoms with E-state index in [9.17, 15) is 0 Å². The molecule has 4 heteroatoms. The number of aromatic nitrogens is 2. The molecule has 0 amide bonds. The van der Waals surface area contributed by atoms with Crippen molar-refractivity contribution in [2.24, 2.45) is 0 Å². The van der Waals surface area contributed by atoms with E-state index >= 15 is 0 Å². The van der Waals surface area contributed by atoms with Crippen molar-refractivity contribution < 1.29 is 4.42 Å². The number of nitrogens with one attached hydrogen (secondary N) is 1. The van der Waals surface area contributed by atoms with E-state index in [4.69, 9.17) is 4.42 Å². The molecule has 0 saturated carbocycles. The molecular weight excluding hydrogens is 334 g/mol. The molecule has 2 atom stereocenters. The molecule has 1 aromatic heterocycles. The molecular formula is C23H23N3O. The molecule has 4 aromatic rings. The average Bonchev–Trinajstić information content (AvgIpc) is 3.18. The van der Waals surface area contributed by atoms with Gasteiger partial charge in [-0.05, 0) is 49.2 Å². The largest absolute Gasteiger partial charge is 0.419 e. The SMILES string of the molecule is Cc1cccc(-c2nnc([C@@H](C)N[C@H](C)c3cccc4ccccc34)o2)c1. The van der Waals surface area contributed by atoms with E-state index in [2.05, 4.69) is 84.8 Å². The zero-order valence-corrected chi connectivity index (χ0v) is 15.8. The maximum absolute atomic E-state index is 5.93. The van der Waals surface area contributed by atoms with Crippen molar-refractivity contribution in [2.75, 3.05) is 0 Å². The summed E-state index contributed by atoms with van der Waals surface area (Å²) in [5.41, 5.74) is 3.38. The zero-order valence-electron chi connectivity index (χ0n) is 15.8. The minimum absolute atomic E-state index is 0.0509. The third-order valence-corrected chi connectivity index (χ3v) is 4.87. The van der Waals surface area contributed by atoms with Crippen LogP contribution in [0.15, 0.2) is 71.1 Å². The van der Waals surface area contributed by atoms with Gasteiger partial charge in [-0.3, -0.25) is 5.32 Å². The molecule has 0 aliphatic rings. The van der Waals surface area contributed by atoms with E-state index in [1.54, 1.807) is 0 Å². The summed E-state index contributed by atoms with van der Waals surface area (Å²) in [4.78, 5) is 0. The Hall–Kier alpha value is -2.98. The molecule has 0 aliphatic heterocycles. The monoisotopic (exact) mass is 357 g/mol. The maximum Gasteiger partial charge on any atom is 0.247 e. The van der Waals surface area contributed by atoms with Crippen LogP contribution in [0.3, 0.4) is 0 Å². The van der Waals surface area contributed by atoms with Gasteiger partial charge in [-0.25, -0.2) is 0 Å². The number of hydrogen-bond acceptors (Lipinski definition) is 4. The predicted molar refractivity (Wildman–Crippen MR) is 108 cm³/mol. The van der Waals surface area contributed by atoms with E-state index < -0.39 is 0 Å². The molecule has 1 N–H and O–H groups in total. The number of hydrogen-bond donors (Lipinski definition) is 1. The van der Waals surface area contributed by atoms with Gasteiger partial charge in [0, 0.05) is 11.6 Å². The molecule has 0 unspecified atom stereocenters. The van der Waals surface area contributed by atoms with E-state index in [1.165, 1.54) is 21.9 Å². The van der Waals surface area contributed by atoms with Gasteiger partial charge in [-0.1, -0.05) is 60.2 Å². The van der Waals surface area contributed by atoms with Crippen molar-refractivity contribution in [2.45, 2.75) is 32.9 Å². The van der Waals surface area contributed by atoms with Gasteiger partial charge in [-0.15, -0.1) is 10.2 Å². The fourth-order valence-electron chi connectivity index (χ4n) is 3.47. The van der Waals surface area contributed by atoms with Crippen LogP contribution in [0.5, 0.6) is 0 Å². The zero-order chi connectivity index (χ0) is 18.8. The molecule has 0 bridgehead atoms.